The van der Waals surface area contributed by atoms with Crippen LogP contribution in [0.2, 0.25) is 0 Å². The van der Waals surface area contributed by atoms with E-state index in [1.165, 1.54) is 18.2 Å². The Hall–Kier alpha value is -2.22. The lowest BCUT2D eigenvalue weighted by Crippen LogP contribution is -2.14. The average molecular weight is 299 g/mol. The molecular weight excluding hydrogens is 288 g/mol. The van der Waals surface area contributed by atoms with E-state index < -0.39 is 27.3 Å². The number of pyridine rings is 1. The minimum Gasteiger partial charge on any atom is -0.373 e. The largest absolute Gasteiger partial charge is 0.373 e. The number of halogens is 2. The standard InChI is InChI=1S/C12H11F2N3O2S/c1-15-11-6-5-8(7-16-11)20(18,19)17-10-4-2-3-9(13)12(10)14/h2-7,17H,1H3,(H,15,16). The molecule has 0 spiro atoms. The highest BCUT2D eigenvalue weighted by atomic mass is 32.2. The summed E-state index contributed by atoms with van der Waals surface area (Å²) in [5, 5.41) is 2.74. The summed E-state index contributed by atoms with van der Waals surface area (Å²) < 4.78 is 52.5. The van der Waals surface area contributed by atoms with E-state index in [-0.39, 0.29) is 4.90 Å². The van der Waals surface area contributed by atoms with Gasteiger partial charge >= 0.3 is 0 Å². The fourth-order valence-electron chi connectivity index (χ4n) is 1.47. The zero-order valence-corrected chi connectivity index (χ0v) is 11.2. The van der Waals surface area contributed by atoms with E-state index in [1.54, 1.807) is 7.05 Å². The molecule has 1 heterocycles. The van der Waals surface area contributed by atoms with Crippen molar-refractivity contribution in [1.29, 1.82) is 0 Å². The normalized spacial score (nSPS) is 11.2. The number of benzene rings is 1. The third-order valence-corrected chi connectivity index (χ3v) is 3.85. The fraction of sp³-hybridized carbons (Fsp3) is 0.0833. The van der Waals surface area contributed by atoms with Crippen LogP contribution in [0.3, 0.4) is 0 Å². The molecule has 0 fully saturated rings. The first-order valence-electron chi connectivity index (χ1n) is 5.54. The molecule has 8 heteroatoms. The lowest BCUT2D eigenvalue weighted by molar-refractivity contribution is 0.511. The number of anilines is 2. The van der Waals surface area contributed by atoms with Crippen molar-refractivity contribution in [3.63, 3.8) is 0 Å². The van der Waals surface area contributed by atoms with E-state index in [9.17, 15) is 17.2 Å². The predicted molar refractivity (Wildman–Crippen MR) is 71.0 cm³/mol. The molecule has 0 aliphatic heterocycles. The second kappa shape index (κ2) is 5.41. The van der Waals surface area contributed by atoms with Crippen LogP contribution in [-0.2, 0) is 10.0 Å². The highest BCUT2D eigenvalue weighted by Crippen LogP contribution is 2.21. The van der Waals surface area contributed by atoms with Gasteiger partial charge in [-0.1, -0.05) is 6.07 Å². The quantitative estimate of drug-likeness (QED) is 0.908. The van der Waals surface area contributed by atoms with E-state index in [4.69, 9.17) is 0 Å². The second-order valence-corrected chi connectivity index (χ2v) is 5.52. The summed E-state index contributed by atoms with van der Waals surface area (Å²) in [4.78, 5) is 3.69. The van der Waals surface area contributed by atoms with Gasteiger partial charge in [0.1, 0.15) is 10.7 Å². The number of nitrogens with one attached hydrogen (secondary N) is 2. The Morgan fingerprint density at radius 3 is 2.50 bits per heavy atom. The number of nitrogens with zero attached hydrogens (tertiary/aromatic N) is 1. The molecule has 2 N–H and O–H groups in total. The molecule has 0 aliphatic rings. The summed E-state index contributed by atoms with van der Waals surface area (Å²) in [7, 11) is -2.39. The molecule has 0 atom stereocenters. The molecule has 1 aromatic heterocycles. The number of sulfonamides is 1. The smallest absolute Gasteiger partial charge is 0.263 e. The van der Waals surface area contributed by atoms with Crippen LogP contribution in [0.25, 0.3) is 0 Å². The summed E-state index contributed by atoms with van der Waals surface area (Å²) in [5.41, 5.74) is -0.456. The van der Waals surface area contributed by atoms with Crippen molar-refractivity contribution in [2.75, 3.05) is 17.1 Å². The molecule has 5 nitrogen and oxygen atoms in total. The van der Waals surface area contributed by atoms with Gasteiger partial charge in [-0.3, -0.25) is 4.72 Å². The Bertz CT molecular complexity index is 718. The fourth-order valence-corrected chi connectivity index (χ4v) is 2.48. The first kappa shape index (κ1) is 14.2. The highest BCUT2D eigenvalue weighted by Gasteiger charge is 2.18. The average Bonchev–Trinajstić information content (AvgIpc) is 2.44. The molecule has 2 aromatic rings. The Morgan fingerprint density at radius 1 is 1.15 bits per heavy atom. The number of hydrogen-bond donors (Lipinski definition) is 2. The zero-order chi connectivity index (χ0) is 14.8. The summed E-state index contributed by atoms with van der Waals surface area (Å²) >= 11 is 0. The molecule has 2 rings (SSSR count). The van der Waals surface area contributed by atoms with Crippen molar-refractivity contribution in [3.05, 3.63) is 48.2 Å². The van der Waals surface area contributed by atoms with Crippen LogP contribution >= 0.6 is 0 Å². The van der Waals surface area contributed by atoms with Crippen molar-refractivity contribution in [2.24, 2.45) is 0 Å². The third kappa shape index (κ3) is 2.85. The maximum absolute atomic E-state index is 13.4. The molecule has 106 valence electrons. The molecule has 0 bridgehead atoms. The Labute approximate surface area is 114 Å². The van der Waals surface area contributed by atoms with Crippen molar-refractivity contribution in [1.82, 2.24) is 4.98 Å². The molecule has 0 saturated carbocycles. The van der Waals surface area contributed by atoms with Crippen LogP contribution in [0, 0.1) is 11.6 Å². The molecule has 20 heavy (non-hydrogen) atoms. The van der Waals surface area contributed by atoms with Crippen LogP contribution in [0.5, 0.6) is 0 Å². The lowest BCUT2D eigenvalue weighted by Gasteiger charge is -2.09. The zero-order valence-electron chi connectivity index (χ0n) is 10.4. The van der Waals surface area contributed by atoms with Gasteiger partial charge in [-0.2, -0.15) is 0 Å². The number of aromatic nitrogens is 1. The maximum atomic E-state index is 13.4. The topological polar surface area (TPSA) is 71.1 Å². The van der Waals surface area contributed by atoms with Crippen molar-refractivity contribution >= 4 is 21.5 Å². The first-order chi connectivity index (χ1) is 9.44. The molecule has 0 amide bonds. The number of hydrogen-bond acceptors (Lipinski definition) is 4. The van der Waals surface area contributed by atoms with Gasteiger partial charge in [-0.25, -0.2) is 22.2 Å². The molecule has 0 radical (unpaired) electrons. The Morgan fingerprint density at radius 2 is 1.90 bits per heavy atom. The van der Waals surface area contributed by atoms with Gasteiger partial charge in [0.2, 0.25) is 0 Å². The van der Waals surface area contributed by atoms with Crippen LogP contribution in [0.15, 0.2) is 41.4 Å². The van der Waals surface area contributed by atoms with Gasteiger partial charge in [-0.05, 0) is 24.3 Å². The van der Waals surface area contributed by atoms with Gasteiger partial charge in [-0.15, -0.1) is 0 Å². The summed E-state index contributed by atoms with van der Waals surface area (Å²) in [6.45, 7) is 0. The van der Waals surface area contributed by atoms with Crippen LogP contribution in [-0.4, -0.2) is 20.4 Å². The number of rotatable bonds is 4. The van der Waals surface area contributed by atoms with E-state index in [0.717, 1.165) is 18.3 Å². The van der Waals surface area contributed by atoms with E-state index in [0.29, 0.717) is 5.82 Å². The van der Waals surface area contributed by atoms with Crippen LogP contribution < -0.4 is 10.0 Å². The van der Waals surface area contributed by atoms with Crippen molar-refractivity contribution in [2.45, 2.75) is 4.90 Å². The lowest BCUT2D eigenvalue weighted by atomic mass is 10.3. The summed E-state index contributed by atoms with van der Waals surface area (Å²) in [5.74, 6) is -1.90. The molecule has 0 unspecified atom stereocenters. The monoisotopic (exact) mass is 299 g/mol. The Kier molecular flexibility index (Phi) is 3.84. The first-order valence-corrected chi connectivity index (χ1v) is 7.03. The molecular formula is C12H11F2N3O2S. The van der Waals surface area contributed by atoms with Gasteiger partial charge in [0.25, 0.3) is 10.0 Å². The highest BCUT2D eigenvalue weighted by molar-refractivity contribution is 7.92. The van der Waals surface area contributed by atoms with Gasteiger partial charge < -0.3 is 5.32 Å². The third-order valence-electron chi connectivity index (χ3n) is 2.50. The van der Waals surface area contributed by atoms with Gasteiger partial charge in [0.05, 0.1) is 5.69 Å². The molecule has 0 saturated heterocycles. The van der Waals surface area contributed by atoms with E-state index in [2.05, 4.69) is 10.3 Å². The van der Waals surface area contributed by atoms with Crippen LogP contribution in [0.4, 0.5) is 20.3 Å². The summed E-state index contributed by atoms with van der Waals surface area (Å²) in [6.07, 6.45) is 1.12. The predicted octanol–water partition coefficient (Wildman–Crippen LogP) is 2.20. The Balaban J connectivity index is 2.33. The van der Waals surface area contributed by atoms with Gasteiger partial charge in [0.15, 0.2) is 11.6 Å². The van der Waals surface area contributed by atoms with Gasteiger partial charge in [0, 0.05) is 13.2 Å². The summed E-state index contributed by atoms with van der Waals surface area (Å²) in [6, 6.07) is 6.00. The molecule has 1 aromatic carbocycles. The van der Waals surface area contributed by atoms with Crippen molar-refractivity contribution < 1.29 is 17.2 Å². The molecule has 0 aliphatic carbocycles. The SMILES string of the molecule is CNc1ccc(S(=O)(=O)Nc2cccc(F)c2F)cn1. The minimum atomic E-state index is -4.02. The van der Waals surface area contributed by atoms with Crippen LogP contribution in [0.1, 0.15) is 0 Å². The van der Waals surface area contributed by atoms with Crippen molar-refractivity contribution in [3.8, 4) is 0 Å². The maximum Gasteiger partial charge on any atom is 0.263 e. The second-order valence-electron chi connectivity index (χ2n) is 3.84. The van der Waals surface area contributed by atoms with E-state index >= 15 is 0 Å². The van der Waals surface area contributed by atoms with E-state index in [1.807, 2.05) is 4.72 Å². The minimum absolute atomic E-state index is 0.153.